The number of rotatable bonds is 6. The minimum absolute atomic E-state index is 0.0768. The SMILES string of the molecule is CC(=O)c1csc(NC(=O)c2ccccc2OCc2noc(C)n2)n1. The standard InChI is InChI=1S/C16H14N4O4S/c1-9(21)12-8-25-16(18-12)19-15(22)11-5-3-4-6-13(11)23-7-14-17-10(2)24-20-14/h3-6,8H,7H2,1-2H3,(H,18,19,22). The van der Waals surface area contributed by atoms with E-state index in [0.29, 0.717) is 33.9 Å². The number of nitrogens with one attached hydrogen (secondary N) is 1. The second kappa shape index (κ2) is 7.22. The summed E-state index contributed by atoms with van der Waals surface area (Å²) in [5.74, 6) is 0.666. The zero-order chi connectivity index (χ0) is 17.8. The number of aryl methyl sites for hydroxylation is 1. The fraction of sp³-hybridized carbons (Fsp3) is 0.188. The predicted octanol–water partition coefficient (Wildman–Crippen LogP) is 2.87. The van der Waals surface area contributed by atoms with Crippen LogP contribution in [0.25, 0.3) is 0 Å². The lowest BCUT2D eigenvalue weighted by atomic mass is 10.2. The molecule has 25 heavy (non-hydrogen) atoms. The van der Waals surface area contributed by atoms with Crippen LogP contribution in [0.2, 0.25) is 0 Å². The van der Waals surface area contributed by atoms with Gasteiger partial charge in [-0.3, -0.25) is 14.9 Å². The number of Topliss-reactive ketones (excluding diaryl/α,β-unsaturated/α-hetero) is 1. The zero-order valence-corrected chi connectivity index (χ0v) is 14.3. The van der Waals surface area contributed by atoms with E-state index >= 15 is 0 Å². The maximum absolute atomic E-state index is 12.5. The van der Waals surface area contributed by atoms with E-state index in [2.05, 4.69) is 20.4 Å². The van der Waals surface area contributed by atoms with E-state index in [-0.39, 0.29) is 18.3 Å². The van der Waals surface area contributed by atoms with Crippen LogP contribution in [0.3, 0.4) is 0 Å². The Morgan fingerprint density at radius 3 is 2.76 bits per heavy atom. The van der Waals surface area contributed by atoms with Crippen LogP contribution in [-0.2, 0) is 6.61 Å². The molecule has 0 aliphatic carbocycles. The highest BCUT2D eigenvalue weighted by Crippen LogP contribution is 2.22. The quantitative estimate of drug-likeness (QED) is 0.675. The molecule has 0 aliphatic rings. The average molecular weight is 358 g/mol. The number of thiazole rings is 1. The monoisotopic (exact) mass is 358 g/mol. The van der Waals surface area contributed by atoms with Crippen molar-refractivity contribution in [2.75, 3.05) is 5.32 Å². The summed E-state index contributed by atoms with van der Waals surface area (Å²) in [5, 5.41) is 8.35. The highest BCUT2D eigenvalue weighted by Gasteiger charge is 2.15. The number of amides is 1. The Kier molecular flexibility index (Phi) is 4.85. The largest absolute Gasteiger partial charge is 0.485 e. The molecular formula is C16H14N4O4S. The van der Waals surface area contributed by atoms with Crippen LogP contribution < -0.4 is 10.1 Å². The van der Waals surface area contributed by atoms with Crippen molar-refractivity contribution in [1.82, 2.24) is 15.1 Å². The molecule has 1 amide bonds. The van der Waals surface area contributed by atoms with Gasteiger partial charge in [-0.1, -0.05) is 17.3 Å². The molecule has 128 valence electrons. The molecule has 0 atom stereocenters. The van der Waals surface area contributed by atoms with Crippen molar-refractivity contribution in [3.63, 3.8) is 0 Å². The van der Waals surface area contributed by atoms with Gasteiger partial charge in [0, 0.05) is 19.2 Å². The lowest BCUT2D eigenvalue weighted by Gasteiger charge is -2.09. The molecule has 3 aromatic rings. The molecule has 1 N–H and O–H groups in total. The smallest absolute Gasteiger partial charge is 0.261 e. The van der Waals surface area contributed by atoms with Crippen molar-refractivity contribution in [3.05, 3.63) is 52.6 Å². The summed E-state index contributed by atoms with van der Waals surface area (Å²) in [5.41, 5.74) is 0.652. The van der Waals surface area contributed by atoms with Crippen LogP contribution in [0.15, 0.2) is 34.2 Å². The normalized spacial score (nSPS) is 10.5. The fourth-order valence-electron chi connectivity index (χ4n) is 1.98. The molecule has 1 aromatic carbocycles. The van der Waals surface area contributed by atoms with E-state index in [1.807, 2.05) is 0 Å². The van der Waals surface area contributed by atoms with Crippen molar-refractivity contribution in [2.24, 2.45) is 0 Å². The molecule has 0 bridgehead atoms. The molecule has 8 nitrogen and oxygen atoms in total. The number of carbonyl (C=O) groups is 2. The Labute approximate surface area is 146 Å². The number of anilines is 1. The number of nitrogens with zero attached hydrogens (tertiary/aromatic N) is 3. The lowest BCUT2D eigenvalue weighted by molar-refractivity contribution is 0.100. The minimum atomic E-state index is -0.385. The van der Waals surface area contributed by atoms with Gasteiger partial charge in [0.25, 0.3) is 5.91 Å². The first-order chi connectivity index (χ1) is 12.0. The number of carbonyl (C=O) groups excluding carboxylic acids is 2. The van der Waals surface area contributed by atoms with E-state index in [9.17, 15) is 9.59 Å². The summed E-state index contributed by atoms with van der Waals surface area (Å²) in [7, 11) is 0. The summed E-state index contributed by atoms with van der Waals surface area (Å²) >= 11 is 1.18. The molecule has 0 aliphatic heterocycles. The molecule has 0 saturated carbocycles. The third kappa shape index (κ3) is 4.07. The van der Waals surface area contributed by atoms with Crippen molar-refractivity contribution in [2.45, 2.75) is 20.5 Å². The van der Waals surface area contributed by atoms with E-state index in [1.54, 1.807) is 36.6 Å². The summed E-state index contributed by atoms with van der Waals surface area (Å²) in [6.07, 6.45) is 0. The molecule has 0 unspecified atom stereocenters. The van der Waals surface area contributed by atoms with Gasteiger partial charge in [0.05, 0.1) is 5.56 Å². The summed E-state index contributed by atoms with van der Waals surface area (Å²) in [6, 6.07) is 6.78. The third-order valence-corrected chi connectivity index (χ3v) is 3.90. The van der Waals surface area contributed by atoms with Crippen LogP contribution >= 0.6 is 11.3 Å². The predicted molar refractivity (Wildman–Crippen MR) is 89.9 cm³/mol. The second-order valence-corrected chi connectivity index (χ2v) is 5.92. The van der Waals surface area contributed by atoms with Crippen molar-refractivity contribution < 1.29 is 18.8 Å². The highest BCUT2D eigenvalue weighted by atomic mass is 32.1. The second-order valence-electron chi connectivity index (χ2n) is 5.06. The van der Waals surface area contributed by atoms with Gasteiger partial charge in [0.1, 0.15) is 11.4 Å². The summed E-state index contributed by atoms with van der Waals surface area (Å²) < 4.78 is 10.5. The van der Waals surface area contributed by atoms with Gasteiger partial charge in [0.15, 0.2) is 17.5 Å². The number of benzene rings is 1. The van der Waals surface area contributed by atoms with Crippen molar-refractivity contribution >= 4 is 28.2 Å². The summed E-state index contributed by atoms with van der Waals surface area (Å²) in [6.45, 7) is 3.18. The zero-order valence-electron chi connectivity index (χ0n) is 13.5. The van der Waals surface area contributed by atoms with Crippen LogP contribution in [-0.4, -0.2) is 26.8 Å². The van der Waals surface area contributed by atoms with E-state index < -0.39 is 0 Å². The average Bonchev–Trinajstić information content (AvgIpc) is 3.22. The van der Waals surface area contributed by atoms with Crippen molar-refractivity contribution in [1.29, 1.82) is 0 Å². The molecule has 3 rings (SSSR count). The number of ether oxygens (including phenoxy) is 1. The number of hydrogen-bond donors (Lipinski definition) is 1. The van der Waals surface area contributed by atoms with Crippen LogP contribution in [0.1, 0.15) is 39.5 Å². The molecule has 0 fully saturated rings. The number of aromatic nitrogens is 3. The van der Waals surface area contributed by atoms with Gasteiger partial charge >= 0.3 is 0 Å². The first-order valence-electron chi connectivity index (χ1n) is 7.32. The van der Waals surface area contributed by atoms with Gasteiger partial charge in [-0.15, -0.1) is 11.3 Å². The Bertz CT molecular complexity index is 918. The molecule has 0 spiro atoms. The first kappa shape index (κ1) is 16.8. The van der Waals surface area contributed by atoms with Gasteiger partial charge in [-0.25, -0.2) is 4.98 Å². The Morgan fingerprint density at radius 1 is 1.28 bits per heavy atom. The maximum atomic E-state index is 12.5. The van der Waals surface area contributed by atoms with Crippen LogP contribution in [0.5, 0.6) is 5.75 Å². The minimum Gasteiger partial charge on any atom is -0.485 e. The molecule has 0 radical (unpaired) electrons. The van der Waals surface area contributed by atoms with Gasteiger partial charge in [-0.2, -0.15) is 4.98 Å². The molecule has 0 saturated heterocycles. The Morgan fingerprint density at radius 2 is 2.08 bits per heavy atom. The Balaban J connectivity index is 1.72. The van der Waals surface area contributed by atoms with Gasteiger partial charge in [-0.05, 0) is 12.1 Å². The maximum Gasteiger partial charge on any atom is 0.261 e. The number of hydrogen-bond acceptors (Lipinski definition) is 8. The van der Waals surface area contributed by atoms with Crippen molar-refractivity contribution in [3.8, 4) is 5.75 Å². The first-order valence-corrected chi connectivity index (χ1v) is 8.19. The number of para-hydroxylation sites is 1. The van der Waals surface area contributed by atoms with E-state index in [1.165, 1.54) is 18.3 Å². The van der Waals surface area contributed by atoms with Gasteiger partial charge in [0.2, 0.25) is 11.7 Å². The van der Waals surface area contributed by atoms with E-state index in [4.69, 9.17) is 9.26 Å². The summed E-state index contributed by atoms with van der Waals surface area (Å²) in [4.78, 5) is 31.9. The molecule has 2 heterocycles. The number of ketones is 1. The third-order valence-electron chi connectivity index (χ3n) is 3.14. The molecule has 2 aromatic heterocycles. The highest BCUT2D eigenvalue weighted by molar-refractivity contribution is 7.14. The van der Waals surface area contributed by atoms with Gasteiger partial charge < -0.3 is 9.26 Å². The van der Waals surface area contributed by atoms with E-state index in [0.717, 1.165) is 0 Å². The molecule has 9 heteroatoms. The van der Waals surface area contributed by atoms with Crippen LogP contribution in [0, 0.1) is 6.92 Å². The molecular weight excluding hydrogens is 344 g/mol. The van der Waals surface area contributed by atoms with Crippen LogP contribution in [0.4, 0.5) is 5.13 Å². The Hall–Kier alpha value is -3.07. The topological polar surface area (TPSA) is 107 Å². The lowest BCUT2D eigenvalue weighted by Crippen LogP contribution is -2.14. The fourth-order valence-corrected chi connectivity index (χ4v) is 2.72.